The topological polar surface area (TPSA) is 88.2 Å². The van der Waals surface area contributed by atoms with Gasteiger partial charge in [-0.2, -0.15) is 0 Å². The zero-order valence-corrected chi connectivity index (χ0v) is 11.8. The predicted octanol–water partition coefficient (Wildman–Crippen LogP) is 3.04. The van der Waals surface area contributed by atoms with Crippen molar-refractivity contribution in [1.29, 1.82) is 0 Å². The molecular weight excluding hydrogens is 281 g/mol. The van der Waals surface area contributed by atoms with Crippen molar-refractivity contribution in [2.24, 2.45) is 0 Å². The Hall–Kier alpha value is -2.15. The summed E-state index contributed by atoms with van der Waals surface area (Å²) < 4.78 is 13.8. The molecule has 0 fully saturated rings. The molecule has 2 rings (SSSR count). The van der Waals surface area contributed by atoms with Crippen molar-refractivity contribution in [3.63, 3.8) is 0 Å². The molecule has 2 aromatic rings. The highest BCUT2D eigenvalue weighted by molar-refractivity contribution is 7.11. The van der Waals surface area contributed by atoms with Crippen molar-refractivity contribution in [2.45, 2.75) is 19.9 Å². The minimum Gasteiger partial charge on any atom is -0.478 e. The minimum absolute atomic E-state index is 0.0944. The van der Waals surface area contributed by atoms with Crippen molar-refractivity contribution < 1.29 is 14.3 Å². The second-order valence-corrected chi connectivity index (χ2v) is 5.67. The molecule has 0 aliphatic rings. The molecule has 0 bridgehead atoms. The van der Waals surface area contributed by atoms with Gasteiger partial charge in [0.15, 0.2) is 0 Å². The SMILES string of the molecule is Cc1cnc(C(C)Nc2cc(C(=O)O)c(N)cc2F)s1. The molecule has 5 nitrogen and oxygen atoms in total. The van der Waals surface area contributed by atoms with E-state index >= 15 is 0 Å². The number of carboxylic acids is 1. The average molecular weight is 295 g/mol. The molecule has 0 aliphatic heterocycles. The summed E-state index contributed by atoms with van der Waals surface area (Å²) >= 11 is 1.50. The van der Waals surface area contributed by atoms with Gasteiger partial charge in [-0.05, 0) is 26.0 Å². The largest absolute Gasteiger partial charge is 0.478 e. The summed E-state index contributed by atoms with van der Waals surface area (Å²) in [5, 5.41) is 12.7. The summed E-state index contributed by atoms with van der Waals surface area (Å²) in [6, 6.07) is 1.98. The van der Waals surface area contributed by atoms with E-state index in [0.29, 0.717) is 0 Å². The van der Waals surface area contributed by atoms with Crippen LogP contribution in [-0.2, 0) is 0 Å². The van der Waals surface area contributed by atoms with Gasteiger partial charge in [-0.1, -0.05) is 0 Å². The third-order valence-corrected chi connectivity index (χ3v) is 3.85. The Balaban J connectivity index is 2.29. The highest BCUT2D eigenvalue weighted by Gasteiger charge is 2.16. The summed E-state index contributed by atoms with van der Waals surface area (Å²) in [7, 11) is 0. The third kappa shape index (κ3) is 2.88. The van der Waals surface area contributed by atoms with E-state index in [4.69, 9.17) is 10.8 Å². The first-order valence-corrected chi connectivity index (χ1v) is 6.71. The van der Waals surface area contributed by atoms with Crippen molar-refractivity contribution in [3.8, 4) is 0 Å². The Labute approximate surface area is 119 Å². The van der Waals surface area contributed by atoms with Crippen molar-refractivity contribution >= 4 is 28.7 Å². The van der Waals surface area contributed by atoms with Gasteiger partial charge in [0.2, 0.25) is 0 Å². The van der Waals surface area contributed by atoms with E-state index in [9.17, 15) is 9.18 Å². The van der Waals surface area contributed by atoms with Gasteiger partial charge in [-0.15, -0.1) is 11.3 Å². The number of thiazole rings is 1. The lowest BCUT2D eigenvalue weighted by molar-refractivity contribution is 0.0698. The monoisotopic (exact) mass is 295 g/mol. The first-order valence-electron chi connectivity index (χ1n) is 5.89. The fourth-order valence-corrected chi connectivity index (χ4v) is 2.53. The molecule has 1 unspecified atom stereocenters. The van der Waals surface area contributed by atoms with E-state index in [2.05, 4.69) is 10.3 Å². The van der Waals surface area contributed by atoms with Gasteiger partial charge in [-0.3, -0.25) is 0 Å². The van der Waals surface area contributed by atoms with Gasteiger partial charge in [0.25, 0.3) is 0 Å². The maximum atomic E-state index is 13.8. The molecule has 1 heterocycles. The number of hydrogen-bond acceptors (Lipinski definition) is 5. The lowest BCUT2D eigenvalue weighted by atomic mass is 10.1. The second kappa shape index (κ2) is 5.46. The van der Waals surface area contributed by atoms with Crippen LogP contribution in [0.4, 0.5) is 15.8 Å². The molecule has 0 radical (unpaired) electrons. The number of rotatable bonds is 4. The van der Waals surface area contributed by atoms with Gasteiger partial charge in [0.05, 0.1) is 17.3 Å². The Bertz CT molecular complexity index is 657. The van der Waals surface area contributed by atoms with Gasteiger partial charge >= 0.3 is 5.97 Å². The first-order chi connectivity index (χ1) is 9.38. The number of aryl methyl sites for hydroxylation is 1. The molecule has 4 N–H and O–H groups in total. The van der Waals surface area contributed by atoms with Crippen LogP contribution in [0.15, 0.2) is 18.3 Å². The predicted molar refractivity (Wildman–Crippen MR) is 76.7 cm³/mol. The van der Waals surface area contributed by atoms with E-state index in [0.717, 1.165) is 16.0 Å². The number of halogens is 1. The Morgan fingerprint density at radius 2 is 2.25 bits per heavy atom. The number of nitrogens with two attached hydrogens (primary N) is 1. The summed E-state index contributed by atoms with van der Waals surface area (Å²) in [6.45, 7) is 3.76. The van der Waals surface area contributed by atoms with E-state index in [1.807, 2.05) is 13.8 Å². The Morgan fingerprint density at radius 3 is 2.80 bits per heavy atom. The zero-order valence-electron chi connectivity index (χ0n) is 11.0. The molecule has 1 aromatic heterocycles. The molecule has 20 heavy (non-hydrogen) atoms. The van der Waals surface area contributed by atoms with Crippen LogP contribution < -0.4 is 11.1 Å². The average Bonchev–Trinajstić information content (AvgIpc) is 2.79. The van der Waals surface area contributed by atoms with Crippen molar-refractivity contribution in [2.75, 3.05) is 11.1 Å². The number of carbonyl (C=O) groups is 1. The molecule has 1 atom stereocenters. The van der Waals surface area contributed by atoms with Crippen LogP contribution in [0.1, 0.15) is 33.2 Å². The molecule has 0 amide bonds. The zero-order chi connectivity index (χ0) is 14.9. The van der Waals surface area contributed by atoms with Crippen LogP contribution in [0.3, 0.4) is 0 Å². The number of aromatic nitrogens is 1. The molecule has 7 heteroatoms. The maximum Gasteiger partial charge on any atom is 0.337 e. The van der Waals surface area contributed by atoms with Crippen LogP contribution >= 0.6 is 11.3 Å². The van der Waals surface area contributed by atoms with Gasteiger partial charge in [0.1, 0.15) is 10.8 Å². The number of hydrogen-bond donors (Lipinski definition) is 3. The van der Waals surface area contributed by atoms with E-state index < -0.39 is 11.8 Å². The molecule has 1 aromatic carbocycles. The van der Waals surface area contributed by atoms with Crippen LogP contribution in [0, 0.1) is 12.7 Å². The van der Waals surface area contributed by atoms with Crippen molar-refractivity contribution in [3.05, 3.63) is 39.6 Å². The minimum atomic E-state index is -1.19. The van der Waals surface area contributed by atoms with Gasteiger partial charge < -0.3 is 16.2 Å². The second-order valence-electron chi connectivity index (χ2n) is 4.40. The fourth-order valence-electron chi connectivity index (χ4n) is 1.75. The molecule has 0 saturated heterocycles. The first kappa shape index (κ1) is 14.3. The van der Waals surface area contributed by atoms with Crippen molar-refractivity contribution in [1.82, 2.24) is 4.98 Å². The van der Waals surface area contributed by atoms with E-state index in [-0.39, 0.29) is 23.0 Å². The Kier molecular flexibility index (Phi) is 3.89. The normalized spacial score (nSPS) is 12.2. The third-order valence-electron chi connectivity index (χ3n) is 2.75. The Morgan fingerprint density at radius 1 is 1.55 bits per heavy atom. The van der Waals surface area contributed by atoms with Crippen LogP contribution in [0.25, 0.3) is 0 Å². The van der Waals surface area contributed by atoms with Gasteiger partial charge in [-0.25, -0.2) is 14.2 Å². The van der Waals surface area contributed by atoms with Crippen LogP contribution in [0.5, 0.6) is 0 Å². The standard InChI is InChI=1S/C13H14FN3O2S/c1-6-5-16-12(20-6)7(2)17-11-3-8(13(18)19)10(15)4-9(11)14/h3-5,7,17H,15H2,1-2H3,(H,18,19). The number of anilines is 2. The lowest BCUT2D eigenvalue weighted by Gasteiger charge is -2.14. The number of nitrogens with one attached hydrogen (secondary N) is 1. The molecule has 0 spiro atoms. The molecule has 106 valence electrons. The molecular formula is C13H14FN3O2S. The number of aromatic carboxylic acids is 1. The molecule has 0 saturated carbocycles. The maximum absolute atomic E-state index is 13.8. The quantitative estimate of drug-likeness (QED) is 0.754. The lowest BCUT2D eigenvalue weighted by Crippen LogP contribution is -2.10. The van der Waals surface area contributed by atoms with E-state index in [1.54, 1.807) is 6.20 Å². The summed E-state index contributed by atoms with van der Waals surface area (Å²) in [5.41, 5.74) is 5.34. The van der Waals surface area contributed by atoms with Crippen LogP contribution in [-0.4, -0.2) is 16.1 Å². The van der Waals surface area contributed by atoms with Gasteiger partial charge in [0, 0.05) is 16.8 Å². The number of benzene rings is 1. The number of nitrogens with zero attached hydrogens (tertiary/aromatic N) is 1. The highest BCUT2D eigenvalue weighted by Crippen LogP contribution is 2.27. The number of carboxylic acid groups (broad SMARTS) is 1. The fraction of sp³-hybridized carbons (Fsp3) is 0.231. The smallest absolute Gasteiger partial charge is 0.337 e. The summed E-state index contributed by atoms with van der Waals surface area (Å²) in [4.78, 5) is 16.3. The number of nitrogen functional groups attached to an aromatic ring is 1. The summed E-state index contributed by atoms with van der Waals surface area (Å²) in [5.74, 6) is -1.78. The van der Waals surface area contributed by atoms with E-state index in [1.165, 1.54) is 17.4 Å². The van der Waals surface area contributed by atoms with Crippen LogP contribution in [0.2, 0.25) is 0 Å². The summed E-state index contributed by atoms with van der Waals surface area (Å²) in [6.07, 6.45) is 1.74. The molecule has 0 aliphatic carbocycles. The highest BCUT2D eigenvalue weighted by atomic mass is 32.1.